The van der Waals surface area contributed by atoms with Crippen molar-refractivity contribution in [2.24, 2.45) is 5.92 Å². The van der Waals surface area contributed by atoms with Gasteiger partial charge in [0.25, 0.3) is 0 Å². The van der Waals surface area contributed by atoms with Crippen LogP contribution in [-0.4, -0.2) is 53.0 Å². The van der Waals surface area contributed by atoms with Crippen LogP contribution in [0.15, 0.2) is 30.3 Å². The second-order valence-corrected chi connectivity index (χ2v) is 5.93. The molecule has 0 aromatic heterocycles. The molecule has 1 fully saturated rings. The Morgan fingerprint density at radius 3 is 2.68 bits per heavy atom. The van der Waals surface area contributed by atoms with Gasteiger partial charge >= 0.3 is 11.8 Å². The van der Waals surface area contributed by atoms with Gasteiger partial charge in [-0.15, -0.1) is 0 Å². The first-order valence-corrected chi connectivity index (χ1v) is 7.84. The highest BCUT2D eigenvalue weighted by molar-refractivity contribution is 6.34. The highest BCUT2D eigenvalue weighted by atomic mass is 16.3. The predicted octanol–water partition coefficient (Wildman–Crippen LogP) is 1.27. The van der Waals surface area contributed by atoms with Crippen molar-refractivity contribution in [3.8, 4) is 0 Å². The molecule has 0 spiro atoms. The van der Waals surface area contributed by atoms with E-state index in [1.807, 2.05) is 30.3 Å². The van der Waals surface area contributed by atoms with Gasteiger partial charge < -0.3 is 14.9 Å². The number of nitrogens with zero attached hydrogens (tertiary/aromatic N) is 2. The predicted molar refractivity (Wildman–Crippen MR) is 83.9 cm³/mol. The molecule has 5 nitrogen and oxygen atoms in total. The largest absolute Gasteiger partial charge is 0.395 e. The number of carbonyl (C=O) groups excluding carboxylic acids is 2. The number of benzene rings is 1. The van der Waals surface area contributed by atoms with E-state index >= 15 is 0 Å². The molecule has 0 saturated carbocycles. The summed E-state index contributed by atoms with van der Waals surface area (Å²) in [6.07, 6.45) is 2.04. The Morgan fingerprint density at radius 2 is 2.05 bits per heavy atom. The summed E-state index contributed by atoms with van der Waals surface area (Å²) >= 11 is 0. The standard InChI is InChI=1S/C17H24N2O3/c1-14-6-5-9-18(12-14)16(21)17(22)19(10-11-20)13-15-7-3-2-4-8-15/h2-4,7-8,14,20H,5-6,9-13H2,1H3. The van der Waals surface area contributed by atoms with Gasteiger partial charge in [-0.25, -0.2) is 0 Å². The van der Waals surface area contributed by atoms with Crippen molar-refractivity contribution in [3.63, 3.8) is 0 Å². The fourth-order valence-corrected chi connectivity index (χ4v) is 2.82. The molecule has 1 heterocycles. The molecular formula is C17H24N2O3. The number of aliphatic hydroxyl groups is 1. The molecule has 1 N–H and O–H groups in total. The minimum Gasteiger partial charge on any atom is -0.395 e. The lowest BCUT2D eigenvalue weighted by Crippen LogP contribution is -2.48. The van der Waals surface area contributed by atoms with Crippen molar-refractivity contribution >= 4 is 11.8 Å². The smallest absolute Gasteiger partial charge is 0.312 e. The van der Waals surface area contributed by atoms with Crippen molar-refractivity contribution in [2.45, 2.75) is 26.3 Å². The lowest BCUT2D eigenvalue weighted by molar-refractivity contribution is -0.153. The number of carbonyl (C=O) groups is 2. The molecule has 1 aliphatic heterocycles. The highest BCUT2D eigenvalue weighted by Crippen LogP contribution is 2.16. The fraction of sp³-hybridized carbons (Fsp3) is 0.529. The van der Waals surface area contributed by atoms with Gasteiger partial charge in [0.2, 0.25) is 0 Å². The second-order valence-electron chi connectivity index (χ2n) is 5.93. The first-order chi connectivity index (χ1) is 10.6. The molecule has 0 bridgehead atoms. The number of hydrogen-bond donors (Lipinski definition) is 1. The van der Waals surface area contributed by atoms with Gasteiger partial charge in [0.15, 0.2) is 0 Å². The maximum Gasteiger partial charge on any atom is 0.312 e. The molecule has 2 rings (SSSR count). The minimum atomic E-state index is -0.521. The number of aliphatic hydroxyl groups excluding tert-OH is 1. The molecule has 120 valence electrons. The van der Waals surface area contributed by atoms with E-state index in [1.54, 1.807) is 4.90 Å². The molecule has 1 unspecified atom stereocenters. The average Bonchev–Trinajstić information content (AvgIpc) is 2.54. The summed E-state index contributed by atoms with van der Waals surface area (Å²) in [6.45, 7) is 3.75. The van der Waals surface area contributed by atoms with Crippen LogP contribution in [-0.2, 0) is 16.1 Å². The summed E-state index contributed by atoms with van der Waals surface area (Å²) in [5.41, 5.74) is 0.948. The molecule has 2 amide bonds. The second kappa shape index (κ2) is 7.94. The van der Waals surface area contributed by atoms with Crippen LogP contribution in [0.3, 0.4) is 0 Å². The van der Waals surface area contributed by atoms with Crippen LogP contribution in [0, 0.1) is 5.92 Å². The number of amides is 2. The Labute approximate surface area is 131 Å². The Morgan fingerprint density at radius 1 is 1.32 bits per heavy atom. The Hall–Kier alpha value is -1.88. The lowest BCUT2D eigenvalue weighted by Gasteiger charge is -2.32. The van der Waals surface area contributed by atoms with Gasteiger partial charge in [-0.3, -0.25) is 9.59 Å². The van der Waals surface area contributed by atoms with Crippen LogP contribution >= 0.6 is 0 Å². The third-order valence-corrected chi connectivity index (χ3v) is 4.00. The molecule has 0 aliphatic carbocycles. The van der Waals surface area contributed by atoms with Crippen molar-refractivity contribution in [1.82, 2.24) is 9.80 Å². The van der Waals surface area contributed by atoms with Crippen LogP contribution in [0.1, 0.15) is 25.3 Å². The van der Waals surface area contributed by atoms with E-state index < -0.39 is 11.8 Å². The maximum absolute atomic E-state index is 12.5. The molecule has 22 heavy (non-hydrogen) atoms. The monoisotopic (exact) mass is 304 g/mol. The third-order valence-electron chi connectivity index (χ3n) is 4.00. The molecule has 1 saturated heterocycles. The van der Waals surface area contributed by atoms with Gasteiger partial charge in [-0.05, 0) is 24.3 Å². The molecule has 0 radical (unpaired) electrons. The van der Waals surface area contributed by atoms with Crippen LogP contribution in [0.2, 0.25) is 0 Å². The van der Waals surface area contributed by atoms with E-state index in [4.69, 9.17) is 0 Å². The van der Waals surface area contributed by atoms with E-state index in [0.29, 0.717) is 25.6 Å². The number of hydrogen-bond acceptors (Lipinski definition) is 3. The maximum atomic E-state index is 12.5. The van der Waals surface area contributed by atoms with Crippen LogP contribution < -0.4 is 0 Å². The summed E-state index contributed by atoms with van der Waals surface area (Å²) in [4.78, 5) is 27.9. The van der Waals surface area contributed by atoms with Gasteiger partial charge in [-0.1, -0.05) is 37.3 Å². The molecule has 1 aromatic rings. The third kappa shape index (κ3) is 4.31. The number of likely N-dealkylation sites (tertiary alicyclic amines) is 1. The minimum absolute atomic E-state index is 0.151. The zero-order valence-electron chi connectivity index (χ0n) is 13.1. The van der Waals surface area contributed by atoms with Crippen molar-refractivity contribution < 1.29 is 14.7 Å². The first-order valence-electron chi connectivity index (χ1n) is 7.84. The van der Waals surface area contributed by atoms with Crippen molar-refractivity contribution in [3.05, 3.63) is 35.9 Å². The molecule has 1 aliphatic rings. The zero-order chi connectivity index (χ0) is 15.9. The summed E-state index contributed by atoms with van der Waals surface area (Å²) in [5, 5.41) is 9.18. The van der Waals surface area contributed by atoms with E-state index in [1.165, 1.54) is 4.90 Å². The van der Waals surface area contributed by atoms with E-state index in [2.05, 4.69) is 6.92 Å². The van der Waals surface area contributed by atoms with E-state index in [0.717, 1.165) is 18.4 Å². The van der Waals surface area contributed by atoms with Crippen LogP contribution in [0.4, 0.5) is 0 Å². The SMILES string of the molecule is CC1CCCN(C(=O)C(=O)N(CCO)Cc2ccccc2)C1. The average molecular weight is 304 g/mol. The lowest BCUT2D eigenvalue weighted by atomic mass is 10.0. The van der Waals surface area contributed by atoms with Gasteiger partial charge in [0.05, 0.1) is 6.61 Å². The van der Waals surface area contributed by atoms with Crippen LogP contribution in [0.5, 0.6) is 0 Å². The Bertz CT molecular complexity index is 504. The summed E-state index contributed by atoms with van der Waals surface area (Å²) in [7, 11) is 0. The topological polar surface area (TPSA) is 60.9 Å². The molecule has 1 atom stereocenters. The quantitative estimate of drug-likeness (QED) is 0.852. The van der Waals surface area contributed by atoms with Crippen molar-refractivity contribution in [2.75, 3.05) is 26.2 Å². The van der Waals surface area contributed by atoms with Gasteiger partial charge in [0, 0.05) is 26.2 Å². The summed E-state index contributed by atoms with van der Waals surface area (Å²) in [5.74, 6) is -0.533. The number of piperidine rings is 1. The zero-order valence-corrected chi connectivity index (χ0v) is 13.1. The van der Waals surface area contributed by atoms with E-state index in [-0.39, 0.29) is 13.2 Å². The van der Waals surface area contributed by atoms with E-state index in [9.17, 15) is 14.7 Å². The molecular weight excluding hydrogens is 280 g/mol. The Balaban J connectivity index is 2.03. The first kappa shape index (κ1) is 16.5. The summed E-state index contributed by atoms with van der Waals surface area (Å²) in [6, 6.07) is 9.51. The fourth-order valence-electron chi connectivity index (χ4n) is 2.82. The van der Waals surface area contributed by atoms with Gasteiger partial charge in [-0.2, -0.15) is 0 Å². The summed E-state index contributed by atoms with van der Waals surface area (Å²) < 4.78 is 0. The van der Waals surface area contributed by atoms with Crippen molar-refractivity contribution in [1.29, 1.82) is 0 Å². The van der Waals surface area contributed by atoms with Gasteiger partial charge in [0.1, 0.15) is 0 Å². The highest BCUT2D eigenvalue weighted by Gasteiger charge is 2.29. The number of rotatable bonds is 4. The normalized spacial score (nSPS) is 18.1. The molecule has 1 aromatic carbocycles. The Kier molecular flexibility index (Phi) is 5.95. The molecule has 5 heteroatoms. The van der Waals surface area contributed by atoms with Crippen LogP contribution in [0.25, 0.3) is 0 Å².